The fourth-order valence-corrected chi connectivity index (χ4v) is 10.5. The molecular weight excluding hydrogens is 551 g/mol. The Morgan fingerprint density at radius 1 is 0.523 bits per heavy atom. The van der Waals surface area contributed by atoms with E-state index in [4.69, 9.17) is 9.97 Å². The molecule has 0 amide bonds. The summed E-state index contributed by atoms with van der Waals surface area (Å²) in [5.41, 5.74) is 9.19. The monoisotopic (exact) mass is 579 g/mol. The number of fused-ring (bicyclic) bond motifs is 8. The van der Waals surface area contributed by atoms with Crippen molar-refractivity contribution in [3.63, 3.8) is 0 Å². The molecule has 2 aromatic heterocycles. The van der Waals surface area contributed by atoms with E-state index >= 15 is 0 Å². The molecule has 4 heteroatoms. The summed E-state index contributed by atoms with van der Waals surface area (Å²) in [7, 11) is -2.15. The predicted octanol–water partition coefficient (Wildman–Crippen LogP) is 8.86. The van der Waals surface area contributed by atoms with E-state index in [0.29, 0.717) is 0 Å². The Bertz CT molecular complexity index is 2410. The summed E-state index contributed by atoms with van der Waals surface area (Å²) in [6, 6.07) is 50.0. The fourth-order valence-electron chi connectivity index (χ4n) is 7.32. The van der Waals surface area contributed by atoms with Gasteiger partial charge < -0.3 is 4.57 Å². The van der Waals surface area contributed by atoms with Crippen LogP contribution < -0.4 is 10.4 Å². The van der Waals surface area contributed by atoms with Gasteiger partial charge in [-0.1, -0.05) is 122 Å². The number of nitrogens with zero attached hydrogens (tertiary/aromatic N) is 3. The van der Waals surface area contributed by atoms with Crippen molar-refractivity contribution in [1.82, 2.24) is 14.5 Å². The quantitative estimate of drug-likeness (QED) is 0.196. The number of hydrogen-bond acceptors (Lipinski definition) is 2. The summed E-state index contributed by atoms with van der Waals surface area (Å²) in [4.78, 5) is 10.8. The Morgan fingerprint density at radius 2 is 1.18 bits per heavy atom. The highest BCUT2D eigenvalue weighted by molar-refractivity contribution is 7.04. The van der Waals surface area contributed by atoms with Crippen LogP contribution in [-0.2, 0) is 0 Å². The minimum absolute atomic E-state index is 0.775. The van der Waals surface area contributed by atoms with Gasteiger partial charge in [0, 0.05) is 33.2 Å². The molecule has 0 aliphatic carbocycles. The average Bonchev–Trinajstić information content (AvgIpc) is 3.53. The Morgan fingerprint density at radius 3 is 2.00 bits per heavy atom. The van der Waals surface area contributed by atoms with Gasteiger partial charge in [-0.25, -0.2) is 9.97 Å². The van der Waals surface area contributed by atoms with Crippen LogP contribution in [0.5, 0.6) is 0 Å². The van der Waals surface area contributed by atoms with Gasteiger partial charge in [-0.05, 0) is 51.5 Å². The maximum Gasteiger partial charge on any atom is 0.160 e. The molecule has 0 fully saturated rings. The van der Waals surface area contributed by atoms with Gasteiger partial charge in [0.05, 0.1) is 22.4 Å². The van der Waals surface area contributed by atoms with E-state index in [2.05, 4.69) is 151 Å². The number of hydrogen-bond donors (Lipinski definition) is 0. The zero-order valence-corrected chi connectivity index (χ0v) is 25.6. The van der Waals surface area contributed by atoms with Crippen molar-refractivity contribution < 1.29 is 0 Å². The lowest BCUT2D eigenvalue weighted by molar-refractivity contribution is 1.18. The molecule has 0 radical (unpaired) electrons. The molecule has 3 nitrogen and oxygen atoms in total. The third-order valence-corrected chi connectivity index (χ3v) is 12.9. The number of aromatic nitrogens is 3. The lowest BCUT2D eigenvalue weighted by Crippen LogP contribution is -2.50. The molecule has 208 valence electrons. The summed E-state index contributed by atoms with van der Waals surface area (Å²) >= 11 is 0. The van der Waals surface area contributed by atoms with Crippen molar-refractivity contribution in [3.8, 4) is 39.6 Å². The molecule has 44 heavy (non-hydrogen) atoms. The molecular formula is C40H29N3Si. The molecule has 0 spiro atoms. The van der Waals surface area contributed by atoms with Crippen LogP contribution in [0.3, 0.4) is 0 Å². The molecule has 6 aromatic carbocycles. The molecule has 3 heterocycles. The van der Waals surface area contributed by atoms with Crippen molar-refractivity contribution in [2.24, 2.45) is 0 Å². The molecule has 9 rings (SSSR count). The normalized spacial score (nSPS) is 13.4. The predicted molar refractivity (Wildman–Crippen MR) is 187 cm³/mol. The van der Waals surface area contributed by atoms with Crippen LogP contribution >= 0.6 is 0 Å². The Labute approximate surface area is 257 Å². The summed E-state index contributed by atoms with van der Waals surface area (Å²) in [6.45, 7) is 4.92. The molecule has 0 N–H and O–H groups in total. The van der Waals surface area contributed by atoms with Crippen LogP contribution in [0, 0.1) is 0 Å². The zero-order valence-electron chi connectivity index (χ0n) is 24.6. The first kappa shape index (κ1) is 25.2. The van der Waals surface area contributed by atoms with E-state index in [0.717, 1.165) is 34.0 Å². The van der Waals surface area contributed by atoms with E-state index in [-0.39, 0.29) is 0 Å². The van der Waals surface area contributed by atoms with Gasteiger partial charge in [0.2, 0.25) is 0 Å². The Kier molecular flexibility index (Phi) is 5.35. The van der Waals surface area contributed by atoms with E-state index in [1.807, 2.05) is 6.07 Å². The first-order valence-electron chi connectivity index (χ1n) is 15.2. The summed E-state index contributed by atoms with van der Waals surface area (Å²) in [5.74, 6) is 0.775. The van der Waals surface area contributed by atoms with Gasteiger partial charge in [-0.2, -0.15) is 0 Å². The second-order valence-electron chi connectivity index (χ2n) is 12.2. The van der Waals surface area contributed by atoms with Crippen molar-refractivity contribution >= 4 is 51.0 Å². The molecule has 1 aliphatic rings. The lowest BCUT2D eigenvalue weighted by atomic mass is 10.00. The Hall–Kier alpha value is -5.32. The molecule has 1 aliphatic heterocycles. The van der Waals surface area contributed by atoms with Gasteiger partial charge in [-0.3, -0.25) is 0 Å². The van der Waals surface area contributed by atoms with Crippen LogP contribution in [-0.4, -0.2) is 22.6 Å². The van der Waals surface area contributed by atoms with Crippen LogP contribution in [0.25, 0.3) is 72.2 Å². The smallest absolute Gasteiger partial charge is 0.160 e. The van der Waals surface area contributed by atoms with Crippen molar-refractivity contribution in [3.05, 3.63) is 140 Å². The van der Waals surface area contributed by atoms with Gasteiger partial charge in [0.15, 0.2) is 5.82 Å². The highest BCUT2D eigenvalue weighted by Gasteiger charge is 2.42. The minimum Gasteiger partial charge on any atom is -0.309 e. The average molecular weight is 580 g/mol. The van der Waals surface area contributed by atoms with Crippen molar-refractivity contribution in [1.29, 1.82) is 0 Å². The third kappa shape index (κ3) is 3.55. The first-order chi connectivity index (χ1) is 21.6. The maximum atomic E-state index is 5.41. The highest BCUT2D eigenvalue weighted by atomic mass is 28.3. The fraction of sp³-hybridized carbons (Fsp3) is 0.0500. The van der Waals surface area contributed by atoms with Crippen LogP contribution in [0.1, 0.15) is 0 Å². The van der Waals surface area contributed by atoms with E-state index < -0.39 is 8.07 Å². The van der Waals surface area contributed by atoms with Crippen LogP contribution in [0.4, 0.5) is 0 Å². The first-order valence-corrected chi connectivity index (χ1v) is 18.2. The summed E-state index contributed by atoms with van der Waals surface area (Å²) < 4.78 is 2.37. The largest absolute Gasteiger partial charge is 0.309 e. The van der Waals surface area contributed by atoms with Gasteiger partial charge in [0.25, 0.3) is 0 Å². The second kappa shape index (κ2) is 9.34. The number of benzene rings is 6. The van der Waals surface area contributed by atoms with Crippen LogP contribution in [0.15, 0.2) is 140 Å². The van der Waals surface area contributed by atoms with Gasteiger partial charge in [-0.15, -0.1) is 0 Å². The Balaban J connectivity index is 1.37. The van der Waals surface area contributed by atoms with Gasteiger partial charge in [0.1, 0.15) is 8.07 Å². The molecule has 0 atom stereocenters. The summed E-state index contributed by atoms with van der Waals surface area (Å²) in [5, 5.41) is 7.77. The third-order valence-electron chi connectivity index (χ3n) is 9.37. The maximum absolute atomic E-state index is 5.41. The standard InChI is InChI=1S/C40H29N3Si/c1-44(2)35-24-22-26-13-9-10-18-30(26)36(35)38-39(44)37(41-40(42-38)27-14-5-3-6-15-27)28-21-23-34-32(25-28)31-19-11-12-20-33(31)43(34)29-16-7-4-8-17-29/h3-25H,1-2H3. The summed E-state index contributed by atoms with van der Waals surface area (Å²) in [6.07, 6.45) is 0. The molecule has 0 saturated carbocycles. The number of para-hydroxylation sites is 2. The van der Waals surface area contributed by atoms with E-state index in [9.17, 15) is 0 Å². The molecule has 0 bridgehead atoms. The highest BCUT2D eigenvalue weighted by Crippen LogP contribution is 2.39. The van der Waals surface area contributed by atoms with Crippen molar-refractivity contribution in [2.75, 3.05) is 0 Å². The van der Waals surface area contributed by atoms with Crippen molar-refractivity contribution in [2.45, 2.75) is 13.1 Å². The van der Waals surface area contributed by atoms with E-state index in [1.165, 1.54) is 48.5 Å². The van der Waals surface area contributed by atoms with Crippen LogP contribution in [0.2, 0.25) is 13.1 Å². The lowest BCUT2D eigenvalue weighted by Gasteiger charge is -2.22. The second-order valence-corrected chi connectivity index (χ2v) is 16.5. The molecule has 0 saturated heterocycles. The molecule has 0 unspecified atom stereocenters. The zero-order chi connectivity index (χ0) is 29.4. The topological polar surface area (TPSA) is 30.7 Å². The SMILES string of the molecule is C[Si]1(C)c2ccc3ccccc3c2-c2nc(-c3ccccc3)nc(-c3ccc4c(c3)c3ccccc3n4-c3ccccc3)c21. The van der Waals surface area contributed by atoms with Gasteiger partial charge >= 0.3 is 0 Å². The van der Waals surface area contributed by atoms with E-state index in [1.54, 1.807) is 0 Å². The molecule has 8 aromatic rings. The minimum atomic E-state index is -2.15. The number of rotatable bonds is 3.